The van der Waals surface area contributed by atoms with Crippen LogP contribution in [-0.2, 0) is 9.53 Å². The molecule has 0 radical (unpaired) electrons. The summed E-state index contributed by atoms with van der Waals surface area (Å²) in [6.07, 6.45) is 8.02. The number of ether oxygens (including phenoxy) is 2. The van der Waals surface area contributed by atoms with E-state index < -0.39 is 5.60 Å². The van der Waals surface area contributed by atoms with E-state index in [4.69, 9.17) is 9.47 Å². The molecule has 152 valence electrons. The Labute approximate surface area is 164 Å². The summed E-state index contributed by atoms with van der Waals surface area (Å²) in [4.78, 5) is 15.0. The molecule has 1 aromatic carbocycles. The second kappa shape index (κ2) is 11.3. The number of anilines is 1. The van der Waals surface area contributed by atoms with Gasteiger partial charge in [0, 0.05) is 19.3 Å². The Hall–Kier alpha value is -1.59. The van der Waals surface area contributed by atoms with Crippen molar-refractivity contribution in [2.45, 2.75) is 64.4 Å². The van der Waals surface area contributed by atoms with Gasteiger partial charge in [-0.3, -0.25) is 4.79 Å². The van der Waals surface area contributed by atoms with Crippen molar-refractivity contribution < 1.29 is 14.3 Å². The number of methoxy groups -OCH3 is 1. The van der Waals surface area contributed by atoms with Gasteiger partial charge in [0.05, 0.1) is 6.61 Å². The molecule has 0 bridgehead atoms. The number of nitrogens with one attached hydrogen (secondary N) is 1. The van der Waals surface area contributed by atoms with Gasteiger partial charge in [-0.15, -0.1) is 0 Å². The van der Waals surface area contributed by atoms with E-state index in [9.17, 15) is 4.79 Å². The summed E-state index contributed by atoms with van der Waals surface area (Å²) in [5, 5.41) is 2.94. The van der Waals surface area contributed by atoms with Crippen molar-refractivity contribution in [1.82, 2.24) is 4.90 Å². The van der Waals surface area contributed by atoms with Crippen molar-refractivity contribution in [2.75, 3.05) is 38.7 Å². The van der Waals surface area contributed by atoms with Crippen molar-refractivity contribution in [3.8, 4) is 5.75 Å². The van der Waals surface area contributed by atoms with Gasteiger partial charge < -0.3 is 19.7 Å². The van der Waals surface area contributed by atoms with E-state index in [0.29, 0.717) is 6.42 Å². The Balaban J connectivity index is 1.73. The molecule has 1 aromatic rings. The molecule has 1 amide bonds. The second-order valence-corrected chi connectivity index (χ2v) is 7.62. The maximum absolute atomic E-state index is 12.5. The van der Waals surface area contributed by atoms with Crippen LogP contribution in [0.25, 0.3) is 0 Å². The quantitative estimate of drug-likeness (QED) is 0.612. The maximum atomic E-state index is 12.5. The van der Waals surface area contributed by atoms with Gasteiger partial charge in [0.2, 0.25) is 0 Å². The average Bonchev–Trinajstić information content (AvgIpc) is 2.95. The first-order valence-electron chi connectivity index (χ1n) is 10.4. The molecule has 0 saturated carbocycles. The van der Waals surface area contributed by atoms with Gasteiger partial charge in [0.15, 0.2) is 0 Å². The molecule has 5 heteroatoms. The Morgan fingerprint density at radius 1 is 1.15 bits per heavy atom. The lowest BCUT2D eigenvalue weighted by molar-refractivity contribution is -0.136. The molecule has 1 fully saturated rings. The second-order valence-electron chi connectivity index (χ2n) is 7.62. The summed E-state index contributed by atoms with van der Waals surface area (Å²) in [6.45, 7) is 8.17. The fourth-order valence-electron chi connectivity index (χ4n) is 3.52. The molecule has 1 aliphatic rings. The fourth-order valence-corrected chi connectivity index (χ4v) is 3.52. The van der Waals surface area contributed by atoms with E-state index in [1.54, 1.807) is 7.11 Å². The van der Waals surface area contributed by atoms with E-state index in [0.717, 1.165) is 37.4 Å². The van der Waals surface area contributed by atoms with Crippen LogP contribution in [0.1, 0.15) is 58.8 Å². The number of benzene rings is 1. The summed E-state index contributed by atoms with van der Waals surface area (Å²) >= 11 is 0. The number of hydrogen-bond acceptors (Lipinski definition) is 4. The molecule has 1 aliphatic heterocycles. The Kier molecular flexibility index (Phi) is 9.08. The molecule has 1 saturated heterocycles. The Bertz CT molecular complexity index is 553. The standard InChI is InChI=1S/C22H36N2O3/c1-4-14-22(2,26-3)21(25)23-19-10-12-20(13-11-19)27-18-9-17-24-15-7-5-6-8-16-24/h10-13H,4-9,14-18H2,1-3H3,(H,23,25). The third-order valence-corrected chi connectivity index (χ3v) is 5.36. The van der Waals surface area contributed by atoms with Crippen molar-refractivity contribution in [3.05, 3.63) is 24.3 Å². The summed E-state index contributed by atoms with van der Waals surface area (Å²) in [5.74, 6) is 0.727. The number of rotatable bonds is 10. The molecule has 0 aromatic heterocycles. The maximum Gasteiger partial charge on any atom is 0.256 e. The van der Waals surface area contributed by atoms with Crippen molar-refractivity contribution in [2.24, 2.45) is 0 Å². The smallest absolute Gasteiger partial charge is 0.256 e. The van der Waals surface area contributed by atoms with Gasteiger partial charge in [-0.25, -0.2) is 0 Å². The van der Waals surface area contributed by atoms with Crippen LogP contribution in [0, 0.1) is 0 Å². The van der Waals surface area contributed by atoms with Crippen LogP contribution in [0.2, 0.25) is 0 Å². The molecule has 1 heterocycles. The third kappa shape index (κ3) is 7.15. The number of carbonyl (C=O) groups excluding carboxylic acids is 1. The molecular weight excluding hydrogens is 340 g/mol. The highest BCUT2D eigenvalue weighted by Crippen LogP contribution is 2.21. The zero-order valence-corrected chi connectivity index (χ0v) is 17.3. The SMILES string of the molecule is CCCC(C)(OC)C(=O)Nc1ccc(OCCCN2CCCCCC2)cc1. The normalized spacial score (nSPS) is 17.7. The van der Waals surface area contributed by atoms with Crippen LogP contribution in [0.3, 0.4) is 0 Å². The predicted octanol–water partition coefficient (Wildman–Crippen LogP) is 4.48. The van der Waals surface area contributed by atoms with E-state index in [-0.39, 0.29) is 5.91 Å². The van der Waals surface area contributed by atoms with E-state index >= 15 is 0 Å². The molecule has 1 atom stereocenters. The monoisotopic (exact) mass is 376 g/mol. The highest BCUT2D eigenvalue weighted by atomic mass is 16.5. The first-order chi connectivity index (χ1) is 13.1. The van der Waals surface area contributed by atoms with Gasteiger partial charge in [-0.1, -0.05) is 26.2 Å². The lowest BCUT2D eigenvalue weighted by atomic mass is 9.99. The summed E-state index contributed by atoms with van der Waals surface area (Å²) in [5.41, 5.74) is -0.0339. The molecule has 0 spiro atoms. The minimum Gasteiger partial charge on any atom is -0.494 e. The van der Waals surface area contributed by atoms with Crippen LogP contribution in [0.4, 0.5) is 5.69 Å². The molecule has 1 N–H and O–H groups in total. The number of carbonyl (C=O) groups is 1. The van der Waals surface area contributed by atoms with Crippen LogP contribution in [-0.4, -0.2) is 49.8 Å². The lowest BCUT2D eigenvalue weighted by Gasteiger charge is -2.26. The summed E-state index contributed by atoms with van der Waals surface area (Å²) in [7, 11) is 1.58. The highest BCUT2D eigenvalue weighted by Gasteiger charge is 2.32. The lowest BCUT2D eigenvalue weighted by Crippen LogP contribution is -2.41. The van der Waals surface area contributed by atoms with E-state index in [1.807, 2.05) is 38.1 Å². The van der Waals surface area contributed by atoms with Gasteiger partial charge in [0.1, 0.15) is 11.4 Å². The van der Waals surface area contributed by atoms with Crippen molar-refractivity contribution >= 4 is 11.6 Å². The number of hydrogen-bond donors (Lipinski definition) is 1. The number of likely N-dealkylation sites (tertiary alicyclic amines) is 1. The third-order valence-electron chi connectivity index (χ3n) is 5.36. The summed E-state index contributed by atoms with van der Waals surface area (Å²) < 4.78 is 11.3. The zero-order valence-electron chi connectivity index (χ0n) is 17.3. The molecular formula is C22H36N2O3. The van der Waals surface area contributed by atoms with E-state index in [2.05, 4.69) is 10.2 Å². The van der Waals surface area contributed by atoms with Crippen LogP contribution >= 0.6 is 0 Å². The van der Waals surface area contributed by atoms with Crippen molar-refractivity contribution in [3.63, 3.8) is 0 Å². The first-order valence-corrected chi connectivity index (χ1v) is 10.4. The molecule has 2 rings (SSSR count). The fraction of sp³-hybridized carbons (Fsp3) is 0.682. The van der Waals surface area contributed by atoms with Gasteiger partial charge in [-0.05, 0) is 70.0 Å². The number of nitrogens with zero attached hydrogens (tertiary/aromatic N) is 1. The Morgan fingerprint density at radius 3 is 2.41 bits per heavy atom. The number of amides is 1. The topological polar surface area (TPSA) is 50.8 Å². The van der Waals surface area contributed by atoms with Crippen molar-refractivity contribution in [1.29, 1.82) is 0 Å². The molecule has 5 nitrogen and oxygen atoms in total. The molecule has 0 aliphatic carbocycles. The minimum absolute atomic E-state index is 0.113. The minimum atomic E-state index is -0.794. The van der Waals surface area contributed by atoms with Gasteiger partial charge in [-0.2, -0.15) is 0 Å². The molecule has 27 heavy (non-hydrogen) atoms. The largest absolute Gasteiger partial charge is 0.494 e. The van der Waals surface area contributed by atoms with Gasteiger partial charge in [0.25, 0.3) is 5.91 Å². The van der Waals surface area contributed by atoms with Crippen LogP contribution in [0.5, 0.6) is 5.75 Å². The van der Waals surface area contributed by atoms with Gasteiger partial charge >= 0.3 is 0 Å². The van der Waals surface area contributed by atoms with Crippen LogP contribution in [0.15, 0.2) is 24.3 Å². The van der Waals surface area contributed by atoms with E-state index in [1.165, 1.54) is 38.8 Å². The van der Waals surface area contributed by atoms with Crippen LogP contribution < -0.4 is 10.1 Å². The Morgan fingerprint density at radius 2 is 1.81 bits per heavy atom. The zero-order chi connectivity index (χ0) is 19.5. The first kappa shape index (κ1) is 21.7. The highest BCUT2D eigenvalue weighted by molar-refractivity contribution is 5.97. The summed E-state index contributed by atoms with van der Waals surface area (Å²) in [6, 6.07) is 7.57. The molecule has 1 unspecified atom stereocenters. The predicted molar refractivity (Wildman–Crippen MR) is 110 cm³/mol. The average molecular weight is 377 g/mol.